The van der Waals surface area contributed by atoms with Gasteiger partial charge in [0, 0.05) is 6.20 Å². The van der Waals surface area contributed by atoms with Crippen LogP contribution in [0.4, 0.5) is 4.39 Å². The van der Waals surface area contributed by atoms with E-state index in [-0.39, 0.29) is 22.4 Å². The smallest absolute Gasteiger partial charge is 0.276 e. The zero-order chi connectivity index (χ0) is 15.0. The molecule has 0 saturated carbocycles. The minimum absolute atomic E-state index is 0.242. The molecule has 0 atom stereocenters. The van der Waals surface area contributed by atoms with Gasteiger partial charge in [-0.2, -0.15) is 5.26 Å². The van der Waals surface area contributed by atoms with Crippen molar-refractivity contribution in [3.63, 3.8) is 0 Å². The number of benzene rings is 1. The number of aromatic nitrogens is 3. The molecule has 0 aliphatic carbocycles. The molecule has 0 saturated heterocycles. The van der Waals surface area contributed by atoms with Gasteiger partial charge in [-0.1, -0.05) is 6.07 Å². The van der Waals surface area contributed by atoms with Crippen LogP contribution in [-0.4, -0.2) is 14.5 Å². The number of nitrogens with one attached hydrogen (secondary N) is 2. The predicted octanol–water partition coefficient (Wildman–Crippen LogP) is 2.45. The number of H-pyrrole nitrogens is 2. The molecule has 2 N–H and O–H groups in total. The molecule has 0 unspecified atom stereocenters. The summed E-state index contributed by atoms with van der Waals surface area (Å²) >= 11 is 5.17. The van der Waals surface area contributed by atoms with Gasteiger partial charge in [0.25, 0.3) is 5.56 Å². The largest absolute Gasteiger partial charge is 0.355 e. The highest BCUT2D eigenvalue weighted by Gasteiger charge is 2.10. The zero-order valence-electron chi connectivity index (χ0n) is 10.7. The van der Waals surface area contributed by atoms with E-state index < -0.39 is 5.82 Å². The van der Waals surface area contributed by atoms with Crippen molar-refractivity contribution in [2.75, 3.05) is 0 Å². The molecule has 104 valence electrons. The number of hydrogen-bond acceptors (Lipinski definition) is 3. The predicted molar refractivity (Wildman–Crippen MR) is 78.0 cm³/mol. The van der Waals surface area contributed by atoms with Crippen molar-refractivity contribution < 1.29 is 4.39 Å². The molecule has 3 aromatic rings. The molecule has 0 fully saturated rings. The Balaban J connectivity index is 2.20. The third-order valence-corrected chi connectivity index (χ3v) is 3.55. The fourth-order valence-corrected chi connectivity index (χ4v) is 2.48. The van der Waals surface area contributed by atoms with Crippen molar-refractivity contribution in [3.8, 4) is 6.07 Å². The topological polar surface area (TPSA) is 77.4 Å². The molecule has 3 rings (SSSR count). The zero-order valence-corrected chi connectivity index (χ0v) is 11.5. The fraction of sp³-hybridized carbons (Fsp3) is 0.0714. The van der Waals surface area contributed by atoms with Gasteiger partial charge in [-0.15, -0.1) is 0 Å². The first-order valence-electron chi connectivity index (χ1n) is 6.09. The van der Waals surface area contributed by atoms with Crippen LogP contribution in [0.2, 0.25) is 0 Å². The highest BCUT2D eigenvalue weighted by molar-refractivity contribution is 7.71. The maximum absolute atomic E-state index is 13.2. The van der Waals surface area contributed by atoms with E-state index in [4.69, 9.17) is 17.5 Å². The molecule has 0 radical (unpaired) electrons. The van der Waals surface area contributed by atoms with E-state index in [1.807, 2.05) is 6.07 Å². The summed E-state index contributed by atoms with van der Waals surface area (Å²) in [7, 11) is 0. The van der Waals surface area contributed by atoms with E-state index in [0.717, 1.165) is 0 Å². The summed E-state index contributed by atoms with van der Waals surface area (Å²) in [5.74, 6) is -0.466. The second-order valence-corrected chi connectivity index (χ2v) is 4.88. The number of nitriles is 1. The maximum Gasteiger partial charge on any atom is 0.276 e. The number of aromatic amines is 2. The van der Waals surface area contributed by atoms with Crippen LogP contribution in [0.1, 0.15) is 11.1 Å². The van der Waals surface area contributed by atoms with Crippen molar-refractivity contribution in [3.05, 3.63) is 62.5 Å². The lowest BCUT2D eigenvalue weighted by molar-refractivity contribution is 0.625. The molecule has 0 spiro atoms. The van der Waals surface area contributed by atoms with Crippen LogP contribution in [0.5, 0.6) is 0 Å². The lowest BCUT2D eigenvalue weighted by Crippen LogP contribution is -2.15. The number of halogens is 1. The quantitative estimate of drug-likeness (QED) is 0.714. The third kappa shape index (κ3) is 2.26. The molecule has 21 heavy (non-hydrogen) atoms. The van der Waals surface area contributed by atoms with Crippen LogP contribution in [0.3, 0.4) is 0 Å². The van der Waals surface area contributed by atoms with Gasteiger partial charge in [0.15, 0.2) is 4.77 Å². The Morgan fingerprint density at radius 3 is 2.95 bits per heavy atom. The van der Waals surface area contributed by atoms with E-state index in [9.17, 15) is 9.18 Å². The Labute approximate surface area is 123 Å². The second kappa shape index (κ2) is 5.00. The lowest BCUT2D eigenvalue weighted by Gasteiger charge is -2.10. The van der Waals surface area contributed by atoms with Crippen molar-refractivity contribution in [1.82, 2.24) is 14.5 Å². The first-order valence-corrected chi connectivity index (χ1v) is 6.49. The van der Waals surface area contributed by atoms with Crippen molar-refractivity contribution in [2.24, 2.45) is 0 Å². The first-order chi connectivity index (χ1) is 10.1. The number of nitrogens with zero attached hydrogens (tertiary/aromatic N) is 2. The lowest BCUT2D eigenvalue weighted by atomic mass is 10.1. The molecular weight excluding hydrogens is 291 g/mol. The molecule has 2 heterocycles. The van der Waals surface area contributed by atoms with Crippen LogP contribution in [0, 0.1) is 21.9 Å². The Hall–Kier alpha value is -2.72. The van der Waals surface area contributed by atoms with Crippen LogP contribution in [-0.2, 0) is 6.54 Å². The molecule has 1 aromatic carbocycles. The van der Waals surface area contributed by atoms with Gasteiger partial charge in [-0.05, 0) is 36.0 Å². The standard InChI is InChI=1S/C14H9FN4OS/c15-10-2-1-8(9(5-10)6-16)7-19-11-3-4-17-12(11)13(20)18-14(19)21/h1-5,17H,7H2,(H,18,20,21). The van der Waals surface area contributed by atoms with Gasteiger partial charge >= 0.3 is 0 Å². The van der Waals surface area contributed by atoms with Gasteiger partial charge in [-0.25, -0.2) is 4.39 Å². The Bertz CT molecular complexity index is 993. The minimum Gasteiger partial charge on any atom is -0.355 e. The Morgan fingerprint density at radius 1 is 1.38 bits per heavy atom. The van der Waals surface area contributed by atoms with Gasteiger partial charge in [0.2, 0.25) is 0 Å². The SMILES string of the molecule is N#Cc1cc(F)ccc1Cn1c(=S)[nH]c(=O)c2[nH]ccc21. The van der Waals surface area contributed by atoms with Gasteiger partial charge in [-0.3, -0.25) is 9.78 Å². The highest BCUT2D eigenvalue weighted by atomic mass is 32.1. The van der Waals surface area contributed by atoms with Gasteiger partial charge in [0.1, 0.15) is 11.3 Å². The number of hydrogen-bond donors (Lipinski definition) is 2. The maximum atomic E-state index is 13.2. The molecule has 0 amide bonds. The summed E-state index contributed by atoms with van der Waals surface area (Å²) in [5, 5.41) is 9.09. The highest BCUT2D eigenvalue weighted by Crippen LogP contribution is 2.15. The van der Waals surface area contributed by atoms with Crippen LogP contribution >= 0.6 is 12.2 Å². The summed E-state index contributed by atoms with van der Waals surface area (Å²) in [5.41, 5.74) is 1.62. The van der Waals surface area contributed by atoms with Crippen molar-refractivity contribution in [1.29, 1.82) is 5.26 Å². The normalized spacial score (nSPS) is 10.7. The van der Waals surface area contributed by atoms with E-state index in [1.165, 1.54) is 12.1 Å². The van der Waals surface area contributed by atoms with E-state index in [2.05, 4.69) is 9.97 Å². The van der Waals surface area contributed by atoms with E-state index in [0.29, 0.717) is 16.6 Å². The van der Waals surface area contributed by atoms with Crippen LogP contribution in [0.25, 0.3) is 11.0 Å². The van der Waals surface area contributed by atoms with Crippen LogP contribution in [0.15, 0.2) is 35.3 Å². The molecule has 2 aromatic heterocycles. The molecule has 0 aliphatic rings. The first kappa shape index (κ1) is 13.3. The average Bonchev–Trinajstić information content (AvgIpc) is 2.94. The van der Waals surface area contributed by atoms with Crippen molar-refractivity contribution >= 4 is 23.3 Å². The fourth-order valence-electron chi connectivity index (χ4n) is 2.22. The third-order valence-electron chi connectivity index (χ3n) is 3.23. The minimum atomic E-state index is -0.466. The number of rotatable bonds is 2. The Morgan fingerprint density at radius 2 is 2.19 bits per heavy atom. The Kier molecular flexibility index (Phi) is 3.16. The summed E-state index contributed by atoms with van der Waals surface area (Å²) in [6.07, 6.45) is 1.64. The molecular formula is C14H9FN4OS. The van der Waals surface area contributed by atoms with E-state index in [1.54, 1.807) is 22.9 Å². The van der Waals surface area contributed by atoms with Crippen molar-refractivity contribution in [2.45, 2.75) is 6.54 Å². The van der Waals surface area contributed by atoms with Gasteiger partial charge in [0.05, 0.1) is 23.7 Å². The monoisotopic (exact) mass is 300 g/mol. The van der Waals surface area contributed by atoms with E-state index >= 15 is 0 Å². The number of fused-ring (bicyclic) bond motifs is 1. The second-order valence-electron chi connectivity index (χ2n) is 4.50. The summed E-state index contributed by atoms with van der Waals surface area (Å²) in [4.78, 5) is 17.2. The summed E-state index contributed by atoms with van der Waals surface area (Å²) in [6, 6.07) is 7.71. The molecule has 0 aliphatic heterocycles. The summed E-state index contributed by atoms with van der Waals surface area (Å²) in [6.45, 7) is 0.271. The molecule has 0 bridgehead atoms. The van der Waals surface area contributed by atoms with Gasteiger partial charge < -0.3 is 9.55 Å². The van der Waals surface area contributed by atoms with Crippen LogP contribution < -0.4 is 5.56 Å². The molecule has 7 heteroatoms. The average molecular weight is 300 g/mol. The summed E-state index contributed by atoms with van der Waals surface area (Å²) < 4.78 is 15.1. The molecule has 5 nitrogen and oxygen atoms in total.